The highest BCUT2D eigenvalue weighted by atomic mass is 32.1. The van der Waals surface area contributed by atoms with Crippen LogP contribution in [0.4, 0.5) is 19.0 Å². The monoisotopic (exact) mass is 478 g/mol. The minimum absolute atomic E-state index is 0.575. The number of hydrogen-bond donors (Lipinski definition) is 0. The zero-order valence-electron chi connectivity index (χ0n) is 18.4. The van der Waals surface area contributed by atoms with Crippen molar-refractivity contribution in [2.45, 2.75) is 19.1 Å². The second-order valence-corrected chi connectivity index (χ2v) is 8.56. The lowest BCUT2D eigenvalue weighted by molar-refractivity contribution is -0.137. The van der Waals surface area contributed by atoms with E-state index in [4.69, 9.17) is 14.5 Å². The maximum Gasteiger partial charge on any atom is 0.417 e. The first-order chi connectivity index (χ1) is 15.9. The van der Waals surface area contributed by atoms with E-state index in [2.05, 4.69) is 9.88 Å². The van der Waals surface area contributed by atoms with Crippen molar-refractivity contribution in [1.29, 1.82) is 0 Å². The Morgan fingerprint density at radius 2 is 1.88 bits per heavy atom. The van der Waals surface area contributed by atoms with Crippen LogP contribution in [-0.2, 0) is 12.7 Å². The molecule has 3 aromatic rings. The molecule has 0 N–H and O–H groups in total. The number of rotatable bonds is 6. The third-order valence-corrected chi connectivity index (χ3v) is 6.48. The lowest BCUT2D eigenvalue weighted by Crippen LogP contribution is -2.31. The number of para-hydroxylation sites is 1. The Hall–Kier alpha value is -2.85. The van der Waals surface area contributed by atoms with Crippen molar-refractivity contribution in [1.82, 2.24) is 14.9 Å². The fraction of sp³-hybridized carbons (Fsp3) is 0.391. The van der Waals surface area contributed by atoms with Crippen LogP contribution in [0.25, 0.3) is 10.6 Å². The summed E-state index contributed by atoms with van der Waals surface area (Å²) in [6.07, 6.45) is -2.58. The van der Waals surface area contributed by atoms with Crippen LogP contribution >= 0.6 is 11.3 Å². The molecular formula is C23H25F3N4O2S. The van der Waals surface area contributed by atoms with E-state index >= 15 is 0 Å². The standard InChI is InChI=1S/C23H25F3N4O2S/c1-31-19-6-3-5-18(21(19)32-2)22-28-17(15-33-22)14-29-9-4-10-30(12-11-29)20-8-7-16(13-27-20)23(24,25)26/h3,5-8,13,15H,4,9-12,14H2,1-2H3. The molecule has 4 rings (SSSR count). The quantitative estimate of drug-likeness (QED) is 0.500. The summed E-state index contributed by atoms with van der Waals surface area (Å²) < 4.78 is 49.3. The molecule has 0 unspecified atom stereocenters. The van der Waals surface area contributed by atoms with Gasteiger partial charge in [0, 0.05) is 44.3 Å². The van der Waals surface area contributed by atoms with Gasteiger partial charge in [0.15, 0.2) is 11.5 Å². The minimum Gasteiger partial charge on any atom is -0.493 e. The summed E-state index contributed by atoms with van der Waals surface area (Å²) in [6, 6.07) is 8.27. The largest absolute Gasteiger partial charge is 0.493 e. The maximum absolute atomic E-state index is 12.8. The molecule has 6 nitrogen and oxygen atoms in total. The number of aromatic nitrogens is 2. The van der Waals surface area contributed by atoms with Gasteiger partial charge in [-0.25, -0.2) is 9.97 Å². The number of anilines is 1. The number of benzene rings is 1. The number of hydrogen-bond acceptors (Lipinski definition) is 7. The SMILES string of the molecule is COc1cccc(-c2nc(CN3CCCN(c4ccc(C(F)(F)F)cn4)CC3)cs2)c1OC. The van der Waals surface area contributed by atoms with Crippen molar-refractivity contribution in [2.75, 3.05) is 45.3 Å². The Morgan fingerprint density at radius 1 is 1.03 bits per heavy atom. The second kappa shape index (κ2) is 9.96. The van der Waals surface area contributed by atoms with E-state index in [1.54, 1.807) is 25.6 Å². The normalized spacial score (nSPS) is 15.4. The number of nitrogens with zero attached hydrogens (tertiary/aromatic N) is 4. The molecule has 0 spiro atoms. The molecule has 2 aromatic heterocycles. The number of alkyl halides is 3. The summed E-state index contributed by atoms with van der Waals surface area (Å²) in [5.41, 5.74) is 1.14. The zero-order chi connectivity index (χ0) is 23.4. The number of pyridine rings is 1. The van der Waals surface area contributed by atoms with Crippen LogP contribution in [0.3, 0.4) is 0 Å². The molecular weight excluding hydrogens is 453 g/mol. The number of thiazole rings is 1. The molecule has 1 fully saturated rings. The van der Waals surface area contributed by atoms with Gasteiger partial charge in [-0.15, -0.1) is 11.3 Å². The lowest BCUT2D eigenvalue weighted by atomic mass is 10.2. The predicted molar refractivity (Wildman–Crippen MR) is 122 cm³/mol. The second-order valence-electron chi connectivity index (χ2n) is 7.70. The Labute approximate surface area is 194 Å². The molecule has 176 valence electrons. The molecule has 33 heavy (non-hydrogen) atoms. The van der Waals surface area contributed by atoms with Crippen LogP contribution in [0, 0.1) is 0 Å². The molecule has 1 aliphatic rings. The molecule has 1 aliphatic heterocycles. The molecule has 0 bridgehead atoms. The summed E-state index contributed by atoms with van der Waals surface area (Å²) in [7, 11) is 3.22. The first-order valence-electron chi connectivity index (χ1n) is 10.6. The van der Waals surface area contributed by atoms with Gasteiger partial charge in [-0.3, -0.25) is 4.90 Å². The summed E-state index contributed by atoms with van der Waals surface area (Å²) in [4.78, 5) is 13.2. The van der Waals surface area contributed by atoms with Crippen LogP contribution in [0.5, 0.6) is 11.5 Å². The molecule has 1 saturated heterocycles. The number of halogens is 3. The van der Waals surface area contributed by atoms with E-state index in [0.717, 1.165) is 54.6 Å². The molecule has 0 saturated carbocycles. The molecule has 10 heteroatoms. The van der Waals surface area contributed by atoms with Crippen LogP contribution in [0.1, 0.15) is 17.7 Å². The molecule has 0 amide bonds. The average molecular weight is 479 g/mol. The first kappa shape index (κ1) is 23.3. The highest BCUT2D eigenvalue weighted by molar-refractivity contribution is 7.13. The van der Waals surface area contributed by atoms with Crippen molar-refractivity contribution < 1.29 is 22.6 Å². The first-order valence-corrected chi connectivity index (χ1v) is 11.4. The smallest absolute Gasteiger partial charge is 0.417 e. The number of ether oxygens (including phenoxy) is 2. The van der Waals surface area contributed by atoms with Gasteiger partial charge in [-0.05, 0) is 30.7 Å². The molecule has 3 heterocycles. The van der Waals surface area contributed by atoms with Crippen molar-refractivity contribution in [3.63, 3.8) is 0 Å². The van der Waals surface area contributed by atoms with E-state index in [1.165, 1.54) is 6.07 Å². The van der Waals surface area contributed by atoms with Crippen LogP contribution in [0.2, 0.25) is 0 Å². The zero-order valence-corrected chi connectivity index (χ0v) is 19.2. The Bertz CT molecular complexity index is 1070. The van der Waals surface area contributed by atoms with E-state index in [1.807, 2.05) is 28.5 Å². The van der Waals surface area contributed by atoms with Gasteiger partial charge in [0.25, 0.3) is 0 Å². The summed E-state index contributed by atoms with van der Waals surface area (Å²) in [5, 5.41) is 2.92. The van der Waals surface area contributed by atoms with E-state index < -0.39 is 11.7 Å². The molecule has 0 atom stereocenters. The van der Waals surface area contributed by atoms with Gasteiger partial charge in [-0.1, -0.05) is 6.07 Å². The molecule has 1 aromatic carbocycles. The summed E-state index contributed by atoms with van der Waals surface area (Å²) >= 11 is 1.56. The predicted octanol–water partition coefficient (Wildman–Crippen LogP) is 4.95. The molecule has 0 radical (unpaired) electrons. The fourth-order valence-corrected chi connectivity index (χ4v) is 4.72. The maximum atomic E-state index is 12.8. The topological polar surface area (TPSA) is 50.7 Å². The van der Waals surface area contributed by atoms with E-state index in [0.29, 0.717) is 30.4 Å². The van der Waals surface area contributed by atoms with Crippen molar-refractivity contribution in [3.05, 3.63) is 53.2 Å². The Kier molecular flexibility index (Phi) is 7.04. The van der Waals surface area contributed by atoms with Crippen molar-refractivity contribution in [2.24, 2.45) is 0 Å². The van der Waals surface area contributed by atoms with Gasteiger partial charge < -0.3 is 14.4 Å². The minimum atomic E-state index is -4.37. The van der Waals surface area contributed by atoms with Gasteiger partial charge in [0.2, 0.25) is 0 Å². The van der Waals surface area contributed by atoms with Crippen LogP contribution < -0.4 is 14.4 Å². The van der Waals surface area contributed by atoms with Crippen molar-refractivity contribution >= 4 is 17.2 Å². The lowest BCUT2D eigenvalue weighted by Gasteiger charge is -2.22. The molecule has 0 aliphatic carbocycles. The fourth-order valence-electron chi connectivity index (χ4n) is 3.89. The summed E-state index contributed by atoms with van der Waals surface area (Å²) in [6.45, 7) is 3.80. The van der Waals surface area contributed by atoms with Crippen LogP contribution in [-0.4, -0.2) is 55.3 Å². The van der Waals surface area contributed by atoms with Gasteiger partial charge in [-0.2, -0.15) is 13.2 Å². The van der Waals surface area contributed by atoms with Gasteiger partial charge >= 0.3 is 6.18 Å². The highest BCUT2D eigenvalue weighted by Gasteiger charge is 2.31. The number of methoxy groups -OCH3 is 2. The third-order valence-electron chi connectivity index (χ3n) is 5.56. The third kappa shape index (κ3) is 5.39. The van der Waals surface area contributed by atoms with Crippen LogP contribution in [0.15, 0.2) is 41.9 Å². The van der Waals surface area contributed by atoms with E-state index in [-0.39, 0.29) is 0 Å². The Morgan fingerprint density at radius 3 is 2.58 bits per heavy atom. The van der Waals surface area contributed by atoms with Gasteiger partial charge in [0.1, 0.15) is 10.8 Å². The average Bonchev–Trinajstić information content (AvgIpc) is 3.15. The van der Waals surface area contributed by atoms with Gasteiger partial charge in [0.05, 0.1) is 31.0 Å². The Balaban J connectivity index is 1.40. The highest BCUT2D eigenvalue weighted by Crippen LogP contribution is 2.39. The summed E-state index contributed by atoms with van der Waals surface area (Å²) in [5.74, 6) is 1.90. The van der Waals surface area contributed by atoms with E-state index in [9.17, 15) is 13.2 Å². The van der Waals surface area contributed by atoms with Crippen molar-refractivity contribution in [3.8, 4) is 22.1 Å².